The first-order valence-electron chi connectivity index (χ1n) is 9.29. The molecule has 0 bridgehead atoms. The third kappa shape index (κ3) is 4.96. The molecule has 2 aromatic carbocycles. The summed E-state index contributed by atoms with van der Waals surface area (Å²) in [6, 6.07) is 5.80. The fraction of sp³-hybridized carbons (Fsp3) is 0.400. The number of anilines is 1. The molecule has 0 unspecified atom stereocenters. The van der Waals surface area contributed by atoms with E-state index in [0.29, 0.717) is 11.1 Å². The fourth-order valence-corrected chi connectivity index (χ4v) is 4.80. The molecule has 12 heteroatoms. The molecular weight excluding hydrogens is 461 g/mol. The Balaban J connectivity index is 2.59. The van der Waals surface area contributed by atoms with Gasteiger partial charge in [-0.25, -0.2) is 13.0 Å². The summed E-state index contributed by atoms with van der Waals surface area (Å²) in [5.41, 5.74) is 1.64. The Labute approximate surface area is 188 Å². The van der Waals surface area contributed by atoms with E-state index in [9.17, 15) is 13.0 Å². The largest absolute Gasteiger partial charge is 0.529 e. The number of nitrogens with zero attached hydrogens (tertiary/aromatic N) is 1. The van der Waals surface area contributed by atoms with Crippen LogP contribution in [-0.2, 0) is 23.6 Å². The van der Waals surface area contributed by atoms with Gasteiger partial charge in [0.05, 0.1) is 31.9 Å². The Morgan fingerprint density at radius 1 is 0.812 bits per heavy atom. The van der Waals surface area contributed by atoms with Crippen LogP contribution in [-0.4, -0.2) is 51.0 Å². The summed E-state index contributed by atoms with van der Waals surface area (Å²) in [5.74, 6) is 0.834. The van der Waals surface area contributed by atoms with Crippen molar-refractivity contribution in [2.24, 2.45) is 0 Å². The predicted molar refractivity (Wildman–Crippen MR) is 120 cm³/mol. The van der Waals surface area contributed by atoms with Gasteiger partial charge >= 0.3 is 7.82 Å². The molecule has 10 nitrogen and oxygen atoms in total. The van der Waals surface area contributed by atoms with E-state index in [-0.39, 0.29) is 33.6 Å². The molecule has 0 saturated heterocycles. The third-order valence-corrected chi connectivity index (χ3v) is 8.00. The maximum absolute atomic E-state index is 13.4. The zero-order valence-corrected chi connectivity index (χ0v) is 21.0. The van der Waals surface area contributed by atoms with Gasteiger partial charge in [-0.3, -0.25) is 13.4 Å². The quantitative estimate of drug-likeness (QED) is 0.458. The van der Waals surface area contributed by atoms with Crippen molar-refractivity contribution < 1.29 is 40.8 Å². The maximum atomic E-state index is 13.4. The van der Waals surface area contributed by atoms with E-state index in [1.54, 1.807) is 19.9 Å². The van der Waals surface area contributed by atoms with Crippen molar-refractivity contribution in [1.29, 1.82) is 0 Å². The molecule has 0 spiro atoms. The molecule has 0 aliphatic heterocycles. The summed E-state index contributed by atoms with van der Waals surface area (Å²) in [5, 5.41) is 0. The van der Waals surface area contributed by atoms with Crippen LogP contribution in [0.15, 0.2) is 29.2 Å². The Kier molecular flexibility index (Phi) is 8.06. The highest BCUT2D eigenvalue weighted by atomic mass is 32.2. The fourth-order valence-electron chi connectivity index (χ4n) is 2.86. The molecule has 0 fully saturated rings. The van der Waals surface area contributed by atoms with E-state index in [2.05, 4.69) is 0 Å². The second-order valence-electron chi connectivity index (χ2n) is 6.62. The molecule has 2 aromatic rings. The smallest absolute Gasteiger partial charge is 0.493 e. The second-order valence-corrected chi connectivity index (χ2v) is 10.4. The molecule has 32 heavy (non-hydrogen) atoms. The molecule has 0 aliphatic carbocycles. The monoisotopic (exact) mass is 489 g/mol. The van der Waals surface area contributed by atoms with Crippen LogP contribution in [0.2, 0.25) is 0 Å². The standard InChI is InChI=1S/C20H28NO9PS/c1-13-9-15(10-17(14(13)2)30-31(22,28-7)29-8)21(3)32(23,24)16-11-18(25-4)20(27-6)19(12-16)26-5/h9-12H,1-8H3. The molecule has 0 aliphatic rings. The van der Waals surface area contributed by atoms with Gasteiger partial charge in [-0.1, -0.05) is 0 Å². The number of hydrogen-bond donors (Lipinski definition) is 0. The predicted octanol–water partition coefficient (Wildman–Crippen LogP) is 3.93. The minimum absolute atomic E-state index is 0.0744. The molecular formula is C20H28NO9PS. The van der Waals surface area contributed by atoms with Gasteiger partial charge in [-0.2, -0.15) is 0 Å². The molecule has 0 N–H and O–H groups in total. The van der Waals surface area contributed by atoms with Gasteiger partial charge in [0, 0.05) is 39.5 Å². The maximum Gasteiger partial charge on any atom is 0.529 e. The number of phosphoric ester groups is 1. The lowest BCUT2D eigenvalue weighted by Gasteiger charge is -2.24. The number of benzene rings is 2. The zero-order valence-electron chi connectivity index (χ0n) is 19.3. The van der Waals surface area contributed by atoms with Gasteiger partial charge in [-0.05, 0) is 31.0 Å². The van der Waals surface area contributed by atoms with E-state index in [1.807, 2.05) is 0 Å². The number of aryl methyl sites for hydroxylation is 1. The van der Waals surface area contributed by atoms with E-state index in [1.165, 1.54) is 60.8 Å². The van der Waals surface area contributed by atoms with Crippen molar-refractivity contribution in [3.63, 3.8) is 0 Å². The summed E-state index contributed by atoms with van der Waals surface area (Å²) in [6.07, 6.45) is 0. The Morgan fingerprint density at radius 3 is 1.78 bits per heavy atom. The van der Waals surface area contributed by atoms with Gasteiger partial charge in [0.25, 0.3) is 10.0 Å². The van der Waals surface area contributed by atoms with E-state index < -0.39 is 17.8 Å². The SMILES string of the molecule is COc1cc(S(=O)(=O)N(C)c2cc(C)c(C)c(OP(=O)(OC)OC)c2)cc(OC)c1OC. The average molecular weight is 489 g/mol. The number of ether oxygens (including phenoxy) is 3. The molecule has 178 valence electrons. The first kappa shape index (κ1) is 25.8. The van der Waals surface area contributed by atoms with Gasteiger partial charge in [0.1, 0.15) is 5.75 Å². The lowest BCUT2D eigenvalue weighted by atomic mass is 10.1. The number of sulfonamides is 1. The molecule has 0 atom stereocenters. The molecule has 0 radical (unpaired) electrons. The van der Waals surface area contributed by atoms with Crippen LogP contribution in [0.25, 0.3) is 0 Å². The van der Waals surface area contributed by atoms with Crippen LogP contribution in [0, 0.1) is 13.8 Å². The van der Waals surface area contributed by atoms with Crippen LogP contribution in [0.1, 0.15) is 11.1 Å². The number of hydrogen-bond acceptors (Lipinski definition) is 9. The van der Waals surface area contributed by atoms with Gasteiger partial charge in [-0.15, -0.1) is 0 Å². The third-order valence-electron chi connectivity index (χ3n) is 4.92. The van der Waals surface area contributed by atoms with Gasteiger partial charge in [0.2, 0.25) is 5.75 Å². The summed E-state index contributed by atoms with van der Waals surface area (Å²) >= 11 is 0. The van der Waals surface area contributed by atoms with E-state index in [0.717, 1.165) is 4.31 Å². The highest BCUT2D eigenvalue weighted by molar-refractivity contribution is 7.92. The van der Waals surface area contributed by atoms with E-state index >= 15 is 0 Å². The molecule has 0 heterocycles. The lowest BCUT2D eigenvalue weighted by Crippen LogP contribution is -2.27. The highest BCUT2D eigenvalue weighted by Gasteiger charge is 2.29. The zero-order chi connectivity index (χ0) is 24.3. The van der Waals surface area contributed by atoms with Crippen molar-refractivity contribution in [1.82, 2.24) is 0 Å². The first-order chi connectivity index (χ1) is 15.0. The van der Waals surface area contributed by atoms with Crippen molar-refractivity contribution in [3.8, 4) is 23.0 Å². The Morgan fingerprint density at radius 2 is 1.34 bits per heavy atom. The number of phosphoric acid groups is 1. The van der Waals surface area contributed by atoms with E-state index in [4.69, 9.17) is 27.8 Å². The van der Waals surface area contributed by atoms with Gasteiger partial charge < -0.3 is 18.7 Å². The number of rotatable bonds is 10. The van der Waals surface area contributed by atoms with Gasteiger partial charge in [0.15, 0.2) is 11.5 Å². The van der Waals surface area contributed by atoms with Crippen LogP contribution in [0.4, 0.5) is 5.69 Å². The molecule has 2 rings (SSSR count). The molecule has 0 saturated carbocycles. The van der Waals surface area contributed by atoms with Crippen molar-refractivity contribution in [2.75, 3.05) is 46.9 Å². The topological polar surface area (TPSA) is 110 Å². The van der Waals surface area contributed by atoms with Crippen molar-refractivity contribution in [2.45, 2.75) is 18.7 Å². The summed E-state index contributed by atoms with van der Waals surface area (Å²) in [6.45, 7) is 3.52. The highest BCUT2D eigenvalue weighted by Crippen LogP contribution is 2.49. The lowest BCUT2D eigenvalue weighted by molar-refractivity contribution is 0.210. The van der Waals surface area contributed by atoms with Crippen molar-refractivity contribution in [3.05, 3.63) is 35.4 Å². The first-order valence-corrected chi connectivity index (χ1v) is 12.2. The minimum Gasteiger partial charge on any atom is -0.493 e. The average Bonchev–Trinajstić information content (AvgIpc) is 2.79. The number of methoxy groups -OCH3 is 3. The van der Waals surface area contributed by atoms with Crippen LogP contribution < -0.4 is 23.0 Å². The second kappa shape index (κ2) is 9.99. The summed E-state index contributed by atoms with van der Waals surface area (Å²) < 4.78 is 71.2. The summed E-state index contributed by atoms with van der Waals surface area (Å²) in [4.78, 5) is -0.0744. The Hall–Kier alpha value is -2.46. The Bertz CT molecular complexity index is 1100. The van der Waals surface area contributed by atoms with Crippen LogP contribution in [0.5, 0.6) is 23.0 Å². The molecule has 0 aromatic heterocycles. The summed E-state index contributed by atoms with van der Waals surface area (Å²) in [7, 11) is 0.0951. The molecule has 0 amide bonds. The minimum atomic E-state index is -4.05. The normalized spacial score (nSPS) is 11.8. The van der Waals surface area contributed by atoms with Crippen LogP contribution >= 0.6 is 7.82 Å². The van der Waals surface area contributed by atoms with Crippen LogP contribution in [0.3, 0.4) is 0 Å². The van der Waals surface area contributed by atoms with Crippen molar-refractivity contribution >= 4 is 23.5 Å².